The molecule has 394 valence electrons. The van der Waals surface area contributed by atoms with Crippen LogP contribution in [0.2, 0.25) is 0 Å². The number of nitrogens with zero attached hydrogens (tertiary/aromatic N) is 4. The summed E-state index contributed by atoms with van der Waals surface area (Å²) in [6.45, 7) is 1.00. The first-order valence-electron chi connectivity index (χ1n) is 23.8. The zero-order valence-corrected chi connectivity index (χ0v) is 39.9. The molecular weight excluding hydrogens is 947 g/mol. The number of hydrogen-bond donors (Lipinski definition) is 11. The largest absolute Gasteiger partial charge is 0.481 e. The predicted molar refractivity (Wildman–Crippen MR) is 254 cm³/mol. The van der Waals surface area contributed by atoms with E-state index in [0.29, 0.717) is 19.3 Å². The molecule has 0 spiro atoms. The number of aliphatic carboxylic acids is 6. The average Bonchev–Trinajstić information content (AvgIpc) is 3.27. The molecule has 72 heavy (non-hydrogen) atoms. The lowest BCUT2D eigenvalue weighted by Gasteiger charge is -2.69. The quantitative estimate of drug-likeness (QED) is 0.0490. The summed E-state index contributed by atoms with van der Waals surface area (Å²) in [5.41, 5.74) is -0.717. The Bertz CT molecular complexity index is 2280. The SMILES string of the molecule is O=C(O)CC[C@H](NC(=O)NC(CCCCNC(=O)[C@H](Cc1ccc2ccccc2c1)NC(=O)C12CC(NC(=O)CN3CCN(CC(=O)O)CCN(CC(=O)O)CCN(CC(=O)O)CC3)(C1)C2)C(=O)O)C(=O)O. The number of carboxylic acid groups (broad SMARTS) is 6. The van der Waals surface area contributed by atoms with E-state index in [1.807, 2.05) is 47.4 Å². The number of unbranched alkanes of at least 4 members (excludes halogenated alkanes) is 1. The highest BCUT2D eigenvalue weighted by molar-refractivity contribution is 5.94. The van der Waals surface area contributed by atoms with Gasteiger partial charge in [-0.3, -0.25) is 53.2 Å². The van der Waals surface area contributed by atoms with Crippen LogP contribution < -0.4 is 26.6 Å². The first-order valence-corrected chi connectivity index (χ1v) is 23.8. The van der Waals surface area contributed by atoms with Crippen LogP contribution in [0.3, 0.4) is 0 Å². The van der Waals surface area contributed by atoms with Crippen LogP contribution in [0.1, 0.15) is 56.9 Å². The number of rotatable bonds is 26. The normalized spacial score (nSPS) is 21.1. The third-order valence-corrected chi connectivity index (χ3v) is 13.2. The van der Waals surface area contributed by atoms with Gasteiger partial charge in [0.2, 0.25) is 17.7 Å². The van der Waals surface area contributed by atoms with E-state index in [1.165, 1.54) is 0 Å². The summed E-state index contributed by atoms with van der Waals surface area (Å²) >= 11 is 0. The molecule has 0 aromatic heterocycles. The van der Waals surface area contributed by atoms with Gasteiger partial charge in [-0.25, -0.2) is 14.4 Å². The van der Waals surface area contributed by atoms with Crippen molar-refractivity contribution in [3.63, 3.8) is 0 Å². The van der Waals surface area contributed by atoms with Crippen LogP contribution in [-0.2, 0) is 49.6 Å². The number of hydrogen-bond acceptors (Lipinski definition) is 14. The van der Waals surface area contributed by atoms with Crippen LogP contribution in [0, 0.1) is 5.41 Å². The van der Waals surface area contributed by atoms with Gasteiger partial charge in [-0.2, -0.15) is 0 Å². The molecule has 4 fully saturated rings. The molecule has 3 aliphatic carbocycles. The number of urea groups is 1. The highest BCUT2D eigenvalue weighted by Crippen LogP contribution is 2.67. The Balaban J connectivity index is 1.16. The summed E-state index contributed by atoms with van der Waals surface area (Å²) in [4.78, 5) is 130. The Labute approximate surface area is 414 Å². The fourth-order valence-corrected chi connectivity index (χ4v) is 9.56. The van der Waals surface area contributed by atoms with Crippen molar-refractivity contribution in [2.24, 2.45) is 5.41 Å². The monoisotopic (exact) mass is 1010 g/mol. The summed E-state index contributed by atoms with van der Waals surface area (Å²) in [6.07, 6.45) is 0.532. The molecule has 1 aliphatic heterocycles. The lowest BCUT2D eigenvalue weighted by Crippen LogP contribution is -2.79. The van der Waals surface area contributed by atoms with E-state index < -0.39 is 89.7 Å². The molecular formula is C47H65N9O16. The smallest absolute Gasteiger partial charge is 0.326 e. The van der Waals surface area contributed by atoms with E-state index in [4.69, 9.17) is 5.11 Å². The Morgan fingerprint density at radius 2 is 1.03 bits per heavy atom. The van der Waals surface area contributed by atoms with E-state index in [2.05, 4.69) is 26.6 Å². The highest BCUT2D eigenvalue weighted by Gasteiger charge is 2.72. The average molecular weight is 1010 g/mol. The van der Waals surface area contributed by atoms with Gasteiger partial charge in [0.15, 0.2) is 0 Å². The highest BCUT2D eigenvalue weighted by atomic mass is 16.4. The number of carbonyl (C=O) groups excluding carboxylic acids is 4. The fourth-order valence-electron chi connectivity index (χ4n) is 9.56. The summed E-state index contributed by atoms with van der Waals surface area (Å²) in [6, 6.07) is 8.25. The Morgan fingerprint density at radius 3 is 1.51 bits per heavy atom. The van der Waals surface area contributed by atoms with Gasteiger partial charge in [0.1, 0.15) is 18.1 Å². The number of carbonyl (C=O) groups is 10. The van der Waals surface area contributed by atoms with Gasteiger partial charge in [0.05, 0.1) is 31.6 Å². The molecule has 1 unspecified atom stereocenters. The van der Waals surface area contributed by atoms with Crippen LogP contribution in [0.4, 0.5) is 4.79 Å². The summed E-state index contributed by atoms with van der Waals surface area (Å²) in [7, 11) is 0. The van der Waals surface area contributed by atoms with Crippen LogP contribution in [-0.4, -0.2) is 219 Å². The zero-order valence-electron chi connectivity index (χ0n) is 39.9. The van der Waals surface area contributed by atoms with Gasteiger partial charge in [0.25, 0.3) is 0 Å². The molecule has 2 aromatic carbocycles. The van der Waals surface area contributed by atoms with Crippen molar-refractivity contribution >= 4 is 70.3 Å². The first kappa shape index (κ1) is 56.0. The molecule has 1 heterocycles. The van der Waals surface area contributed by atoms with Gasteiger partial charge in [-0.15, -0.1) is 0 Å². The van der Waals surface area contributed by atoms with Crippen molar-refractivity contribution in [2.75, 3.05) is 85.1 Å². The van der Waals surface area contributed by atoms with Crippen LogP contribution in [0.15, 0.2) is 42.5 Å². The minimum Gasteiger partial charge on any atom is -0.481 e. The second kappa shape index (κ2) is 25.9. The predicted octanol–water partition coefficient (Wildman–Crippen LogP) is -1.26. The molecule has 2 bridgehead atoms. The third-order valence-electron chi connectivity index (χ3n) is 13.2. The lowest BCUT2D eigenvalue weighted by molar-refractivity contribution is -0.184. The number of fused-ring (bicyclic) bond motifs is 1. The summed E-state index contributed by atoms with van der Waals surface area (Å²) in [5.74, 6) is -8.54. The molecule has 25 nitrogen and oxygen atoms in total. The van der Waals surface area contributed by atoms with Crippen molar-refractivity contribution in [3.8, 4) is 0 Å². The van der Waals surface area contributed by atoms with Crippen molar-refractivity contribution < 1.29 is 78.6 Å². The molecule has 1 saturated heterocycles. The third kappa shape index (κ3) is 17.1. The molecule has 3 saturated carbocycles. The Kier molecular flexibility index (Phi) is 20.2. The minimum absolute atomic E-state index is 0.0790. The molecule has 11 N–H and O–H groups in total. The van der Waals surface area contributed by atoms with Crippen LogP contribution in [0.5, 0.6) is 0 Å². The first-order chi connectivity index (χ1) is 34.1. The fraction of sp³-hybridized carbons (Fsp3) is 0.574. The number of nitrogens with one attached hydrogen (secondary N) is 5. The van der Waals surface area contributed by atoms with Crippen molar-refractivity contribution in [1.82, 2.24) is 46.2 Å². The molecule has 25 heteroatoms. The van der Waals surface area contributed by atoms with E-state index in [-0.39, 0.29) is 123 Å². The number of amides is 5. The number of carboxylic acids is 6. The maximum atomic E-state index is 14.0. The van der Waals surface area contributed by atoms with Gasteiger partial charge in [-0.05, 0) is 61.3 Å². The topological polar surface area (TPSA) is 365 Å². The molecule has 5 amide bonds. The molecule has 3 atom stereocenters. The maximum absolute atomic E-state index is 14.0. The number of benzene rings is 2. The van der Waals surface area contributed by atoms with E-state index in [1.54, 1.807) is 14.7 Å². The maximum Gasteiger partial charge on any atom is 0.326 e. The lowest BCUT2D eigenvalue weighted by atomic mass is 9.39. The Morgan fingerprint density at radius 1 is 0.542 bits per heavy atom. The molecule has 2 aromatic rings. The van der Waals surface area contributed by atoms with E-state index in [9.17, 15) is 73.5 Å². The summed E-state index contributed by atoms with van der Waals surface area (Å²) in [5, 5.41) is 71.4. The van der Waals surface area contributed by atoms with Gasteiger partial charge in [-0.1, -0.05) is 42.5 Å². The standard InChI is InChI=1S/C47H65N9O16/c57-36(23-53-13-15-54(24-38(60)61)17-19-56(26-40(64)65)20-18-55(16-14-53)25-39(62)63)52-47-27-46(28-47,29-47)44(71)49-35(22-30-8-9-31-5-1-2-6-32(31)21-30)41(66)48-12-4-3-7-33(42(67)68)50-45(72)51-34(43(69)70)10-11-37(58)59/h1-2,5-6,8-9,21,33-35H,3-4,7,10-20,22-29H2,(H,48,66)(H,49,71)(H,52,57)(H,58,59)(H,60,61)(H,62,63)(H,64,65)(H,67,68)(H,69,70)(H2,50,51,72)/t33?,34-,35-,46?,47?/m0/s1. The second-order valence-electron chi connectivity index (χ2n) is 19.0. The summed E-state index contributed by atoms with van der Waals surface area (Å²) < 4.78 is 0. The Hall–Kier alpha value is -6.96. The van der Waals surface area contributed by atoms with E-state index >= 15 is 0 Å². The van der Waals surface area contributed by atoms with Crippen LogP contribution >= 0.6 is 0 Å². The second-order valence-corrected chi connectivity index (χ2v) is 19.0. The van der Waals surface area contributed by atoms with Crippen molar-refractivity contribution in [1.29, 1.82) is 0 Å². The van der Waals surface area contributed by atoms with Crippen molar-refractivity contribution in [2.45, 2.75) is 81.5 Å². The van der Waals surface area contributed by atoms with Gasteiger partial charge < -0.3 is 57.2 Å². The van der Waals surface area contributed by atoms with Gasteiger partial charge in [0, 0.05) is 77.3 Å². The zero-order chi connectivity index (χ0) is 52.6. The van der Waals surface area contributed by atoms with Crippen molar-refractivity contribution in [3.05, 3.63) is 48.0 Å². The molecule has 0 radical (unpaired) electrons. The molecule has 6 rings (SSSR count). The molecule has 4 aliphatic rings. The minimum atomic E-state index is -1.56. The van der Waals surface area contributed by atoms with E-state index in [0.717, 1.165) is 16.3 Å². The van der Waals surface area contributed by atoms with Crippen LogP contribution in [0.25, 0.3) is 10.8 Å². The van der Waals surface area contributed by atoms with Gasteiger partial charge >= 0.3 is 41.8 Å².